The maximum atomic E-state index is 13.1. The van der Waals surface area contributed by atoms with Gasteiger partial charge in [0.2, 0.25) is 0 Å². The first-order chi connectivity index (χ1) is 13.4. The predicted octanol–water partition coefficient (Wildman–Crippen LogP) is 3.98. The lowest BCUT2D eigenvalue weighted by Crippen LogP contribution is -2.54. The number of likely N-dealkylation sites (tertiary alicyclic amines) is 1. The minimum atomic E-state index is -0.153. The number of fused-ring (bicyclic) bond motifs is 2. The summed E-state index contributed by atoms with van der Waals surface area (Å²) in [5.41, 5.74) is 6.73. The third-order valence-corrected chi connectivity index (χ3v) is 6.16. The van der Waals surface area contributed by atoms with Crippen LogP contribution in [0.25, 0.3) is 0 Å². The number of ether oxygens (including phenoxy) is 1. The van der Waals surface area contributed by atoms with Crippen LogP contribution < -0.4 is 15.8 Å². The number of halogens is 2. The van der Waals surface area contributed by atoms with Crippen LogP contribution in [0.3, 0.4) is 0 Å². The fourth-order valence-electron chi connectivity index (χ4n) is 4.30. The number of piperidine rings is 1. The molecule has 1 amide bonds. The highest BCUT2D eigenvalue weighted by atomic mass is 35.5. The van der Waals surface area contributed by atoms with Gasteiger partial charge in [-0.1, -0.05) is 24.4 Å². The van der Waals surface area contributed by atoms with Crippen LogP contribution in [0.1, 0.15) is 50.4 Å². The first-order valence-corrected chi connectivity index (χ1v) is 10.5. The van der Waals surface area contributed by atoms with Gasteiger partial charge < -0.3 is 20.7 Å². The summed E-state index contributed by atoms with van der Waals surface area (Å²) in [6, 6.07) is 3.95. The van der Waals surface area contributed by atoms with Crippen molar-refractivity contribution in [2.24, 2.45) is 11.8 Å². The van der Waals surface area contributed by atoms with Gasteiger partial charge in [0, 0.05) is 37.7 Å². The molecular weight excluding hydrogens is 409 g/mol. The third-order valence-electron chi connectivity index (χ3n) is 5.84. The lowest BCUT2D eigenvalue weighted by atomic mass is 9.91. The van der Waals surface area contributed by atoms with Crippen LogP contribution in [0.2, 0.25) is 5.02 Å². The molecule has 29 heavy (non-hydrogen) atoms. The molecule has 7 heteroatoms. The van der Waals surface area contributed by atoms with Gasteiger partial charge in [0.05, 0.1) is 16.3 Å². The van der Waals surface area contributed by atoms with E-state index >= 15 is 0 Å². The van der Waals surface area contributed by atoms with Crippen LogP contribution in [-0.2, 0) is 0 Å². The van der Waals surface area contributed by atoms with Crippen molar-refractivity contribution in [2.45, 2.75) is 52.1 Å². The molecule has 2 fully saturated rings. The lowest BCUT2D eigenvalue weighted by molar-refractivity contribution is 0.0776. The van der Waals surface area contributed by atoms with Gasteiger partial charge in [-0.15, -0.1) is 18.3 Å². The Balaban J connectivity index is 0.00000300. The summed E-state index contributed by atoms with van der Waals surface area (Å²) < 4.78 is 5.72. The number of anilines is 1. The summed E-state index contributed by atoms with van der Waals surface area (Å²) in [5.74, 6) is 7.14. The molecule has 160 valence electrons. The fraction of sp³-hybridized carbons (Fsp3) is 0.591. The number of nitrogen functional groups attached to an aromatic ring is 1. The normalized spacial score (nSPS) is 23.1. The number of carbonyl (C=O) groups is 1. The van der Waals surface area contributed by atoms with E-state index in [0.29, 0.717) is 39.9 Å². The minimum absolute atomic E-state index is 0. The third kappa shape index (κ3) is 5.51. The molecule has 3 rings (SSSR count). The molecule has 5 nitrogen and oxygen atoms in total. The number of nitrogens with zero attached hydrogens (tertiary/aromatic N) is 1. The molecular formula is C22H31Cl2N3O2. The monoisotopic (exact) mass is 439 g/mol. The molecule has 2 atom stereocenters. The summed E-state index contributed by atoms with van der Waals surface area (Å²) in [6.07, 6.45) is 3.09. The summed E-state index contributed by atoms with van der Waals surface area (Å²) in [5, 5.41) is 3.62. The summed E-state index contributed by atoms with van der Waals surface area (Å²) in [4.78, 5) is 15.6. The Hall–Kier alpha value is -1.61. The second kappa shape index (κ2) is 10.4. The summed E-state index contributed by atoms with van der Waals surface area (Å²) in [6.45, 7) is 8.74. The topological polar surface area (TPSA) is 67.6 Å². The van der Waals surface area contributed by atoms with Gasteiger partial charge in [0.15, 0.2) is 0 Å². The van der Waals surface area contributed by atoms with E-state index in [9.17, 15) is 4.79 Å². The highest BCUT2D eigenvalue weighted by Gasteiger charge is 2.43. The van der Waals surface area contributed by atoms with Crippen molar-refractivity contribution in [2.75, 3.05) is 25.4 Å². The quantitative estimate of drug-likeness (QED) is 0.537. The predicted molar refractivity (Wildman–Crippen MR) is 121 cm³/mol. The molecule has 0 spiro atoms. The highest BCUT2D eigenvalue weighted by Crippen LogP contribution is 2.38. The van der Waals surface area contributed by atoms with E-state index in [4.69, 9.17) is 22.1 Å². The van der Waals surface area contributed by atoms with Crippen LogP contribution >= 0.6 is 24.0 Å². The minimum Gasteiger partial charge on any atom is -0.480 e. The van der Waals surface area contributed by atoms with E-state index in [1.807, 2.05) is 6.92 Å². The Labute approximate surface area is 185 Å². The summed E-state index contributed by atoms with van der Waals surface area (Å²) >= 11 is 6.18. The Morgan fingerprint density at radius 1 is 1.31 bits per heavy atom. The molecule has 3 N–H and O–H groups in total. The van der Waals surface area contributed by atoms with Crippen molar-refractivity contribution in [3.63, 3.8) is 0 Å². The average Bonchev–Trinajstić information content (AvgIpc) is 2.88. The van der Waals surface area contributed by atoms with Crippen molar-refractivity contribution in [1.82, 2.24) is 10.2 Å². The molecule has 1 aliphatic carbocycles. The zero-order valence-corrected chi connectivity index (χ0v) is 18.9. The van der Waals surface area contributed by atoms with Crippen molar-refractivity contribution in [1.29, 1.82) is 0 Å². The van der Waals surface area contributed by atoms with Gasteiger partial charge in [0.25, 0.3) is 5.91 Å². The largest absolute Gasteiger partial charge is 0.480 e. The molecule has 1 saturated carbocycles. The van der Waals surface area contributed by atoms with Crippen molar-refractivity contribution < 1.29 is 9.53 Å². The maximum Gasteiger partial charge on any atom is 0.255 e. The van der Waals surface area contributed by atoms with Crippen LogP contribution in [0.4, 0.5) is 5.69 Å². The smallest absolute Gasteiger partial charge is 0.255 e. The Morgan fingerprint density at radius 2 is 1.97 bits per heavy atom. The molecule has 1 heterocycles. The number of hydrogen-bond donors (Lipinski definition) is 2. The van der Waals surface area contributed by atoms with Gasteiger partial charge in [-0.05, 0) is 44.6 Å². The number of hydrogen-bond acceptors (Lipinski definition) is 4. The number of nitrogens with two attached hydrogens (primary N) is 1. The zero-order chi connectivity index (χ0) is 20.3. The molecule has 0 aromatic heterocycles. The first-order valence-electron chi connectivity index (χ1n) is 10.1. The number of amides is 1. The van der Waals surface area contributed by atoms with E-state index in [1.54, 1.807) is 12.1 Å². The maximum absolute atomic E-state index is 13.1. The first kappa shape index (κ1) is 23.7. The van der Waals surface area contributed by atoms with Crippen molar-refractivity contribution in [3.05, 3.63) is 22.7 Å². The zero-order valence-electron chi connectivity index (χ0n) is 17.3. The molecule has 0 radical (unpaired) electrons. The molecule has 1 aromatic carbocycles. The van der Waals surface area contributed by atoms with E-state index in [0.717, 1.165) is 32.4 Å². The van der Waals surface area contributed by atoms with Crippen molar-refractivity contribution in [3.8, 4) is 17.6 Å². The molecule has 1 aromatic rings. The fourth-order valence-corrected chi connectivity index (χ4v) is 4.46. The van der Waals surface area contributed by atoms with Crippen LogP contribution in [0.5, 0.6) is 5.75 Å². The highest BCUT2D eigenvalue weighted by molar-refractivity contribution is 6.33. The van der Waals surface area contributed by atoms with Crippen molar-refractivity contribution >= 4 is 35.6 Å². The van der Waals surface area contributed by atoms with E-state index < -0.39 is 0 Å². The molecule has 2 aliphatic rings. The molecule has 2 bridgehead atoms. The Kier molecular flexibility index (Phi) is 8.51. The van der Waals surface area contributed by atoms with Gasteiger partial charge in [-0.3, -0.25) is 4.79 Å². The van der Waals surface area contributed by atoms with E-state index in [-0.39, 0.29) is 31.0 Å². The number of carbonyl (C=O) groups excluding carboxylic acids is 1. The standard InChI is InChI=1S/C22H30ClN3O2.ClH/c1-4-5-6-9-28-20-11-19(24)18(23)10-17(20)22(27)25-21-15-7-8-16(21)13-26(12-15)14(2)3;/h10-11,14-16,21H,4,7-9,12-13,24H2,1-3H3,(H,25,27);1H. The summed E-state index contributed by atoms with van der Waals surface area (Å²) in [7, 11) is 0. The van der Waals surface area contributed by atoms with Crippen LogP contribution in [-0.4, -0.2) is 42.6 Å². The molecule has 2 unspecified atom stereocenters. The number of benzene rings is 1. The van der Waals surface area contributed by atoms with E-state index in [1.165, 1.54) is 0 Å². The second-order valence-corrected chi connectivity index (χ2v) is 8.42. The molecule has 1 saturated heterocycles. The van der Waals surface area contributed by atoms with Crippen LogP contribution in [0.15, 0.2) is 12.1 Å². The average molecular weight is 440 g/mol. The Bertz CT molecular complexity index is 774. The number of rotatable bonds is 5. The van der Waals surface area contributed by atoms with Gasteiger partial charge >= 0.3 is 0 Å². The second-order valence-electron chi connectivity index (χ2n) is 8.01. The Morgan fingerprint density at radius 3 is 2.55 bits per heavy atom. The van der Waals surface area contributed by atoms with E-state index in [2.05, 4.69) is 35.9 Å². The van der Waals surface area contributed by atoms with Crippen LogP contribution in [0, 0.1) is 23.7 Å². The number of nitrogens with one attached hydrogen (secondary N) is 1. The van der Waals surface area contributed by atoms with Gasteiger partial charge in [-0.2, -0.15) is 0 Å². The van der Waals surface area contributed by atoms with Gasteiger partial charge in [-0.25, -0.2) is 0 Å². The lowest BCUT2D eigenvalue weighted by Gasteiger charge is -2.40. The molecule has 1 aliphatic heterocycles. The SMILES string of the molecule is CCC#CCOc1cc(N)c(Cl)cc1C(=O)NC1C2CCC1CN(C(C)C)C2.Cl. The van der Waals surface area contributed by atoms with Gasteiger partial charge in [0.1, 0.15) is 12.4 Å².